The van der Waals surface area contributed by atoms with Crippen molar-refractivity contribution >= 4 is 34.2 Å². The molecule has 128 valence electrons. The molecule has 1 amide bonds. The lowest BCUT2D eigenvalue weighted by Gasteiger charge is -2.12. The number of fused-ring (bicyclic) bond motifs is 1. The van der Waals surface area contributed by atoms with E-state index in [4.69, 9.17) is 4.74 Å². The van der Waals surface area contributed by atoms with Crippen molar-refractivity contribution in [2.45, 2.75) is 6.92 Å². The lowest BCUT2D eigenvalue weighted by Crippen LogP contribution is -2.31. The van der Waals surface area contributed by atoms with E-state index < -0.39 is 11.9 Å². The minimum atomic E-state index is -0.616. The second-order valence-electron chi connectivity index (χ2n) is 5.04. The van der Waals surface area contributed by atoms with Crippen molar-refractivity contribution in [2.24, 2.45) is 0 Å². The standard InChI is InChI=1S/C17H15N3O4S/c1-2-24-13(21)9-20-17(23)14-15-11(18-5-6-19-15)8-10(16(14)22)12-4-3-7-25-12/h3-8,22H,2,9H2,1H3,(H,20,23). The highest BCUT2D eigenvalue weighted by Crippen LogP contribution is 2.38. The SMILES string of the molecule is CCOC(=O)CNC(=O)c1c(O)c(-c2cccs2)cc2nccnc12. The molecule has 3 aromatic rings. The van der Waals surface area contributed by atoms with Gasteiger partial charge in [0.15, 0.2) is 0 Å². The Labute approximate surface area is 147 Å². The van der Waals surface area contributed by atoms with Crippen molar-refractivity contribution in [3.05, 3.63) is 41.5 Å². The summed E-state index contributed by atoms with van der Waals surface area (Å²) < 4.78 is 4.79. The number of amides is 1. The number of phenolic OH excluding ortho intramolecular Hbond substituents is 1. The zero-order valence-electron chi connectivity index (χ0n) is 13.4. The minimum Gasteiger partial charge on any atom is -0.506 e. The van der Waals surface area contributed by atoms with Crippen molar-refractivity contribution in [3.63, 3.8) is 0 Å². The summed E-state index contributed by atoms with van der Waals surface area (Å²) in [5, 5.41) is 15.0. The summed E-state index contributed by atoms with van der Waals surface area (Å²) in [6.45, 7) is 1.61. The van der Waals surface area contributed by atoms with Crippen LogP contribution in [0.25, 0.3) is 21.5 Å². The molecule has 8 heteroatoms. The maximum absolute atomic E-state index is 12.6. The molecular formula is C17H15N3O4S. The molecule has 0 saturated heterocycles. The number of benzene rings is 1. The number of hydrogen-bond acceptors (Lipinski definition) is 7. The summed E-state index contributed by atoms with van der Waals surface area (Å²) in [6.07, 6.45) is 2.95. The minimum absolute atomic E-state index is 0.0155. The number of phenols is 1. The molecule has 1 aromatic carbocycles. The van der Waals surface area contributed by atoms with Gasteiger partial charge in [-0.2, -0.15) is 0 Å². The van der Waals surface area contributed by atoms with E-state index in [0.29, 0.717) is 11.1 Å². The molecule has 0 aliphatic heterocycles. The van der Waals surface area contributed by atoms with Gasteiger partial charge in [-0.1, -0.05) is 6.07 Å². The monoisotopic (exact) mass is 357 g/mol. The summed E-state index contributed by atoms with van der Waals surface area (Å²) in [4.78, 5) is 33.2. The van der Waals surface area contributed by atoms with Gasteiger partial charge in [0.25, 0.3) is 5.91 Å². The number of esters is 1. The van der Waals surface area contributed by atoms with Crippen molar-refractivity contribution in [3.8, 4) is 16.2 Å². The highest BCUT2D eigenvalue weighted by Gasteiger charge is 2.22. The summed E-state index contributed by atoms with van der Waals surface area (Å²) in [7, 11) is 0. The van der Waals surface area contributed by atoms with Gasteiger partial charge in [0, 0.05) is 22.8 Å². The van der Waals surface area contributed by atoms with Crippen molar-refractivity contribution in [1.29, 1.82) is 0 Å². The predicted molar refractivity (Wildman–Crippen MR) is 93.5 cm³/mol. The molecule has 2 aromatic heterocycles. The molecule has 0 unspecified atom stereocenters. The van der Waals surface area contributed by atoms with Gasteiger partial charge in [0.2, 0.25) is 0 Å². The molecule has 0 saturated carbocycles. The molecule has 0 spiro atoms. The summed E-state index contributed by atoms with van der Waals surface area (Å²) in [5.74, 6) is -1.37. The number of carbonyl (C=O) groups is 2. The number of nitrogens with one attached hydrogen (secondary N) is 1. The maximum Gasteiger partial charge on any atom is 0.325 e. The van der Waals surface area contributed by atoms with E-state index in [2.05, 4.69) is 15.3 Å². The van der Waals surface area contributed by atoms with E-state index in [1.54, 1.807) is 13.0 Å². The lowest BCUT2D eigenvalue weighted by atomic mass is 10.0. The Morgan fingerprint density at radius 1 is 1.32 bits per heavy atom. The zero-order valence-corrected chi connectivity index (χ0v) is 14.2. The maximum atomic E-state index is 12.6. The smallest absolute Gasteiger partial charge is 0.325 e. The molecular weight excluding hydrogens is 342 g/mol. The van der Waals surface area contributed by atoms with Crippen LogP contribution in [0.5, 0.6) is 5.75 Å². The van der Waals surface area contributed by atoms with Gasteiger partial charge < -0.3 is 15.2 Å². The molecule has 3 rings (SSSR count). The zero-order chi connectivity index (χ0) is 17.8. The van der Waals surface area contributed by atoms with Gasteiger partial charge in [0.05, 0.1) is 12.1 Å². The average Bonchev–Trinajstić information content (AvgIpc) is 3.14. The van der Waals surface area contributed by atoms with Crippen LogP contribution in [-0.2, 0) is 9.53 Å². The first kappa shape index (κ1) is 16.8. The first-order valence-corrected chi connectivity index (χ1v) is 8.44. The Bertz CT molecular complexity index is 925. The largest absolute Gasteiger partial charge is 0.506 e. The number of hydrogen-bond donors (Lipinski definition) is 2. The third-order valence-corrected chi connectivity index (χ3v) is 4.35. The first-order valence-electron chi connectivity index (χ1n) is 7.56. The Morgan fingerprint density at radius 2 is 2.12 bits per heavy atom. The van der Waals surface area contributed by atoms with Gasteiger partial charge in [-0.3, -0.25) is 19.6 Å². The third-order valence-electron chi connectivity index (χ3n) is 3.45. The van der Waals surface area contributed by atoms with E-state index in [1.165, 1.54) is 23.7 Å². The summed E-state index contributed by atoms with van der Waals surface area (Å²) >= 11 is 1.43. The molecule has 25 heavy (non-hydrogen) atoms. The van der Waals surface area contributed by atoms with E-state index >= 15 is 0 Å². The van der Waals surface area contributed by atoms with E-state index in [9.17, 15) is 14.7 Å². The van der Waals surface area contributed by atoms with Crippen LogP contribution in [0.15, 0.2) is 36.0 Å². The predicted octanol–water partition coefficient (Wildman–Crippen LogP) is 2.36. The van der Waals surface area contributed by atoms with Crippen LogP contribution in [-0.4, -0.2) is 40.1 Å². The van der Waals surface area contributed by atoms with Gasteiger partial charge in [-0.15, -0.1) is 11.3 Å². The Kier molecular flexibility index (Phi) is 4.90. The van der Waals surface area contributed by atoms with E-state index in [0.717, 1.165) is 4.88 Å². The topological polar surface area (TPSA) is 101 Å². The number of rotatable bonds is 5. The first-order chi connectivity index (χ1) is 12.1. The lowest BCUT2D eigenvalue weighted by molar-refractivity contribution is -0.141. The molecule has 0 bridgehead atoms. The molecule has 0 atom stereocenters. The molecule has 7 nitrogen and oxygen atoms in total. The van der Waals surface area contributed by atoms with Crippen LogP contribution in [0.1, 0.15) is 17.3 Å². The molecule has 2 N–H and O–H groups in total. The normalized spacial score (nSPS) is 10.6. The number of aromatic hydroxyl groups is 1. The highest BCUT2D eigenvalue weighted by molar-refractivity contribution is 7.13. The summed E-state index contributed by atoms with van der Waals surface area (Å²) in [5.41, 5.74) is 1.22. The number of thiophene rings is 1. The third kappa shape index (κ3) is 3.43. The number of nitrogens with zero attached hydrogens (tertiary/aromatic N) is 2. The Hall–Kier alpha value is -3.00. The van der Waals surface area contributed by atoms with Crippen molar-refractivity contribution < 1.29 is 19.4 Å². The van der Waals surface area contributed by atoms with Gasteiger partial charge in [-0.05, 0) is 24.4 Å². The summed E-state index contributed by atoms with van der Waals surface area (Å²) in [6, 6.07) is 5.37. The van der Waals surface area contributed by atoms with Gasteiger partial charge in [-0.25, -0.2) is 0 Å². The van der Waals surface area contributed by atoms with Crippen LogP contribution in [0.3, 0.4) is 0 Å². The quantitative estimate of drug-likeness (QED) is 0.680. The van der Waals surface area contributed by atoms with Gasteiger partial charge >= 0.3 is 5.97 Å². The average molecular weight is 357 g/mol. The second kappa shape index (κ2) is 7.27. The fourth-order valence-corrected chi connectivity index (χ4v) is 3.13. The van der Waals surface area contributed by atoms with Crippen LogP contribution < -0.4 is 5.32 Å². The van der Waals surface area contributed by atoms with E-state index in [-0.39, 0.29) is 30.0 Å². The van der Waals surface area contributed by atoms with Crippen molar-refractivity contribution in [1.82, 2.24) is 15.3 Å². The molecule has 2 heterocycles. The molecule has 0 aliphatic rings. The van der Waals surface area contributed by atoms with E-state index in [1.807, 2.05) is 17.5 Å². The number of aromatic nitrogens is 2. The van der Waals surface area contributed by atoms with Gasteiger partial charge in [0.1, 0.15) is 23.4 Å². The van der Waals surface area contributed by atoms with Crippen LogP contribution in [0.2, 0.25) is 0 Å². The van der Waals surface area contributed by atoms with Crippen LogP contribution >= 0.6 is 11.3 Å². The molecule has 0 fully saturated rings. The molecule has 0 radical (unpaired) electrons. The van der Waals surface area contributed by atoms with Crippen LogP contribution in [0, 0.1) is 0 Å². The Balaban J connectivity index is 2.05. The fraction of sp³-hybridized carbons (Fsp3) is 0.176. The second-order valence-corrected chi connectivity index (χ2v) is 5.98. The van der Waals surface area contributed by atoms with Crippen molar-refractivity contribution in [2.75, 3.05) is 13.2 Å². The van der Waals surface area contributed by atoms with Crippen LogP contribution in [0.4, 0.5) is 0 Å². The molecule has 0 aliphatic carbocycles. The Morgan fingerprint density at radius 3 is 2.84 bits per heavy atom. The fourth-order valence-electron chi connectivity index (χ4n) is 2.39. The number of carbonyl (C=O) groups excluding carboxylic acids is 2. The number of ether oxygens (including phenoxy) is 1. The highest BCUT2D eigenvalue weighted by atomic mass is 32.1.